The Morgan fingerprint density at radius 2 is 1.58 bits per heavy atom. The fraction of sp³-hybridized carbons (Fsp3) is 0.468. The van der Waals surface area contributed by atoms with Crippen LogP contribution in [0.4, 0.5) is 5.82 Å². The molecule has 11 aliphatic rings. The number of Topliss-reactive ketones (excluding diaryl/α,β-unsaturated/α-hetero) is 2. The molecule has 2 aromatic heterocycles. The van der Waals surface area contributed by atoms with Crippen molar-refractivity contribution in [3.05, 3.63) is 164 Å². The number of allylic oxidation sites excluding steroid dienone is 1. The number of rotatable bonds is 6. The van der Waals surface area contributed by atoms with Crippen molar-refractivity contribution in [1.29, 1.82) is 0 Å². The van der Waals surface area contributed by atoms with Gasteiger partial charge in [0, 0.05) is 78.4 Å². The van der Waals surface area contributed by atoms with Crippen molar-refractivity contribution in [1.82, 2.24) is 15.3 Å². The van der Waals surface area contributed by atoms with E-state index >= 15 is 9.59 Å². The van der Waals surface area contributed by atoms with Gasteiger partial charge in [0.2, 0.25) is 0 Å². The zero-order valence-corrected chi connectivity index (χ0v) is 52.3. The lowest BCUT2D eigenvalue weighted by Crippen LogP contribution is -2.55. The van der Waals surface area contributed by atoms with E-state index in [1.165, 1.54) is 0 Å². The highest BCUT2D eigenvalue weighted by Gasteiger charge is 2.63. The lowest BCUT2D eigenvalue weighted by Gasteiger charge is -2.47. The largest absolute Gasteiger partial charge is 0.507 e. The number of phenols is 2. The standard InChI is InChI=1S/C79H84N4O9/c84-36-27-56-66(86)22-18-45-38-60(73(88)67(39-45)92-51-11-2-3-12-51)72(87)59-41-50-40-49-25-34-81-76(49)83-64-21-19-55-63-20-17-46(44-82-63)37-48-9-1-4-13-52(48)58(59)42-62(50)79(75(55)90)33-32-77(28-5-6-29-77)68(79)16-8-14-57-69(64)70(74(56)89)61(54-26-35-80-71(54)57)43-78(91)30-23-47-10-7-15-65(85)53(47)24-31-78/h1,4,7,9-10,13,15,24-26,31,34-35,38-39,41-42,46,51,55-56,61,63-64,68,70,72,75,80-85,87-88,90-91H,2-3,5-6,11-12,14,17-18,20,22-23,27-30,32-33,36-37,40,43-44H2/t46-,55+,56+,61-,63+,64+,68-,70-,72-,75+,78+,79+/m0/s1. The number of phenolic OH excluding ortho intramolecular Hbond substituents is 2. The number of ketones is 2. The van der Waals surface area contributed by atoms with Crippen LogP contribution in [0.2, 0.25) is 0 Å². The van der Waals surface area contributed by atoms with Gasteiger partial charge in [-0.25, -0.2) is 0 Å². The highest BCUT2D eigenvalue weighted by Crippen LogP contribution is 2.66. The predicted octanol–water partition coefficient (Wildman–Crippen LogP) is 11.8. The second kappa shape index (κ2) is 23.4. The van der Waals surface area contributed by atoms with Gasteiger partial charge in [-0.3, -0.25) is 9.59 Å². The van der Waals surface area contributed by atoms with Gasteiger partial charge in [-0.2, -0.15) is 0 Å². The summed E-state index contributed by atoms with van der Waals surface area (Å²) in [6.07, 6.45) is 17.4. The Bertz CT molecular complexity index is 4130. The van der Waals surface area contributed by atoms with Crippen molar-refractivity contribution in [2.75, 3.05) is 18.5 Å². The summed E-state index contributed by atoms with van der Waals surface area (Å²) < 4.78 is 6.76. The number of H-pyrrole nitrogens is 2. The average molecular weight is 1230 g/mol. The topological polar surface area (TPSA) is 220 Å². The number of carbonyl (C=O) groups excluding carboxylic acids is 2. The number of carbonyl (C=O) groups is 2. The summed E-state index contributed by atoms with van der Waals surface area (Å²) in [5.74, 6) is 12.0. The first-order chi connectivity index (χ1) is 44.8. The number of fused-ring (bicyclic) bond motifs is 9. The molecule has 3 saturated carbocycles. The lowest BCUT2D eigenvalue weighted by atomic mass is 9.58. The van der Waals surface area contributed by atoms with Crippen LogP contribution in [0.25, 0.3) is 22.8 Å². The Labute approximate surface area is 538 Å². The molecule has 7 aliphatic carbocycles. The minimum absolute atomic E-state index is 0.0604. The predicted molar refractivity (Wildman–Crippen MR) is 354 cm³/mol. The molecule has 17 rings (SSSR count). The van der Waals surface area contributed by atoms with Crippen molar-refractivity contribution in [2.24, 2.45) is 35.0 Å². The monoisotopic (exact) mass is 1230 g/mol. The molecule has 1 saturated heterocycles. The van der Waals surface area contributed by atoms with E-state index in [0.29, 0.717) is 53.9 Å². The first-order valence-corrected chi connectivity index (χ1v) is 34.4. The van der Waals surface area contributed by atoms with Gasteiger partial charge in [0.1, 0.15) is 29.5 Å². The van der Waals surface area contributed by atoms with E-state index in [1.54, 1.807) is 24.3 Å². The molecule has 11 bridgehead atoms. The summed E-state index contributed by atoms with van der Waals surface area (Å²) in [6.45, 7) is 0.237. The fourth-order valence-electron chi connectivity index (χ4n) is 19.5. The summed E-state index contributed by atoms with van der Waals surface area (Å²) in [6, 6.07) is 25.0. The third-order valence-electron chi connectivity index (χ3n) is 24.1. The van der Waals surface area contributed by atoms with Crippen LogP contribution in [0, 0.1) is 58.7 Å². The second-order valence-electron chi connectivity index (χ2n) is 29.1. The van der Waals surface area contributed by atoms with E-state index in [4.69, 9.17) is 4.74 Å². The molecular formula is C79H84N4O9. The summed E-state index contributed by atoms with van der Waals surface area (Å²) in [5, 5.41) is 84.9. The molecule has 474 valence electrons. The number of aromatic hydroxyl groups is 2. The van der Waals surface area contributed by atoms with Crippen LogP contribution in [0.3, 0.4) is 0 Å². The zero-order chi connectivity index (χ0) is 62.6. The summed E-state index contributed by atoms with van der Waals surface area (Å²) >= 11 is 0. The first-order valence-electron chi connectivity index (χ1n) is 34.4. The number of anilines is 1. The van der Waals surface area contributed by atoms with E-state index in [2.05, 4.69) is 86.7 Å². The van der Waals surface area contributed by atoms with Crippen molar-refractivity contribution >= 4 is 29.0 Å². The average Bonchev–Trinajstić information content (AvgIpc) is 1.46. The summed E-state index contributed by atoms with van der Waals surface area (Å²) in [4.78, 5) is 40.0. The zero-order valence-electron chi connectivity index (χ0n) is 52.3. The normalized spacial score (nSPS) is 31.0. The minimum Gasteiger partial charge on any atom is -0.507 e. The third kappa shape index (κ3) is 9.93. The van der Waals surface area contributed by atoms with Gasteiger partial charge in [-0.05, 0) is 224 Å². The van der Waals surface area contributed by atoms with Crippen LogP contribution in [0.15, 0.2) is 103 Å². The molecule has 2 spiro atoms. The van der Waals surface area contributed by atoms with E-state index < -0.39 is 59.5 Å². The van der Waals surface area contributed by atoms with Crippen molar-refractivity contribution in [3.8, 4) is 52.1 Å². The van der Waals surface area contributed by atoms with Gasteiger partial charge in [0.05, 0.1) is 35.6 Å². The van der Waals surface area contributed by atoms with Crippen LogP contribution < -0.4 is 15.4 Å². The van der Waals surface area contributed by atoms with Gasteiger partial charge >= 0.3 is 0 Å². The Morgan fingerprint density at radius 3 is 2.41 bits per heavy atom. The van der Waals surface area contributed by atoms with Gasteiger partial charge in [0.15, 0.2) is 17.3 Å². The number of aliphatic hydroxyl groups is 4. The van der Waals surface area contributed by atoms with Crippen LogP contribution in [-0.2, 0) is 40.7 Å². The molecule has 4 aromatic carbocycles. The summed E-state index contributed by atoms with van der Waals surface area (Å²) in [7, 11) is 0. The molecule has 13 nitrogen and oxygen atoms in total. The maximum absolute atomic E-state index is 17.0. The molecular weight excluding hydrogens is 1150 g/mol. The summed E-state index contributed by atoms with van der Waals surface area (Å²) in [5.41, 5.74) is 9.06. The molecule has 0 radical (unpaired) electrons. The number of aromatic amines is 2. The van der Waals surface area contributed by atoms with Gasteiger partial charge < -0.3 is 56.0 Å². The maximum Gasteiger partial charge on any atom is 0.163 e. The van der Waals surface area contributed by atoms with Crippen molar-refractivity contribution in [2.45, 2.75) is 182 Å². The third-order valence-corrected chi connectivity index (χ3v) is 24.1. The van der Waals surface area contributed by atoms with Gasteiger partial charge in [-0.15, -0.1) is 0 Å². The number of nitrogens with one attached hydrogen (secondary N) is 4. The molecule has 92 heavy (non-hydrogen) atoms. The van der Waals surface area contributed by atoms with E-state index in [-0.39, 0.29) is 102 Å². The Hall–Kier alpha value is -7.62. The number of piperidine rings is 1. The Kier molecular flexibility index (Phi) is 15.1. The number of ether oxygens (including phenoxy) is 1. The highest BCUT2D eigenvalue weighted by atomic mass is 16.5. The number of hydrogen-bond acceptors (Lipinski definition) is 11. The van der Waals surface area contributed by atoms with Crippen LogP contribution in [-0.4, -0.2) is 95.2 Å². The molecule has 4 fully saturated rings. The fourth-order valence-corrected chi connectivity index (χ4v) is 19.5. The molecule has 0 unspecified atom stereocenters. The Balaban J connectivity index is 1.02. The number of benzene rings is 4. The van der Waals surface area contributed by atoms with Gasteiger partial charge in [0.25, 0.3) is 0 Å². The molecule has 0 amide bonds. The number of aliphatic hydroxyl groups excluding tert-OH is 3. The van der Waals surface area contributed by atoms with Crippen molar-refractivity contribution in [3.63, 3.8) is 0 Å². The molecule has 13 heteroatoms. The Morgan fingerprint density at radius 1 is 0.739 bits per heavy atom. The smallest absolute Gasteiger partial charge is 0.163 e. The molecule has 6 aromatic rings. The van der Waals surface area contributed by atoms with Crippen LogP contribution in [0.1, 0.15) is 183 Å². The lowest BCUT2D eigenvalue weighted by molar-refractivity contribution is -0.136. The number of aryl methyl sites for hydroxylation is 2. The van der Waals surface area contributed by atoms with Gasteiger partial charge in [-0.1, -0.05) is 91.1 Å². The number of hydrogen-bond donors (Lipinski definition) is 10. The quantitative estimate of drug-likeness (QED) is 0.0558. The van der Waals surface area contributed by atoms with Crippen molar-refractivity contribution < 1.29 is 45.0 Å². The van der Waals surface area contributed by atoms with E-state index in [9.17, 15) is 30.6 Å². The van der Waals surface area contributed by atoms with Crippen LogP contribution >= 0.6 is 0 Å². The maximum atomic E-state index is 17.0. The molecule has 10 N–H and O–H groups in total. The van der Waals surface area contributed by atoms with E-state index in [0.717, 1.165) is 133 Å². The molecule has 4 aliphatic heterocycles. The minimum atomic E-state index is -1.51. The SMILES string of the molecule is O=C1CCc2cc(OC3CCCC3)c(O)c(c2)[C@@H](O)c2cc3c4cc2-c2ccccc2C[C@@H]2CC[C@@H](NC2)[C@H]2C#C[C@@H](Nc5[nH]ccc5C3)C3=C(CC#C[C@H]5C6(CCCC6)CC[C@@]45[C@@H]2O)c2[nH]ccc2[C@H](C[C@]2(O)C=Cc4c(O)cccc4CC2)[C@@H]3C(=O)[C@@H]1CCO. The first kappa shape index (κ1) is 59.4. The second-order valence-corrected chi connectivity index (χ2v) is 29.1. The molecule has 6 heterocycles. The van der Waals surface area contributed by atoms with E-state index in [1.807, 2.05) is 36.7 Å². The number of aromatic nitrogens is 2. The van der Waals surface area contributed by atoms with Crippen LogP contribution in [0.5, 0.6) is 17.2 Å². The molecule has 12 atom stereocenters. The highest BCUT2D eigenvalue weighted by molar-refractivity contribution is 6.06.